The molecule has 2 N–H and O–H groups in total. The molecule has 1 aromatic rings. The van der Waals surface area contributed by atoms with Gasteiger partial charge in [0.25, 0.3) is 0 Å². The number of nitrogens with two attached hydrogens (primary N) is 1. The zero-order valence-corrected chi connectivity index (χ0v) is 8.79. The lowest BCUT2D eigenvalue weighted by atomic mass is 10.1. The molecule has 1 saturated heterocycles. The molecule has 1 aliphatic rings. The van der Waals surface area contributed by atoms with Crippen molar-refractivity contribution >= 4 is 11.4 Å². The van der Waals surface area contributed by atoms with Gasteiger partial charge in [-0.25, -0.2) is 0 Å². The molecule has 0 unspecified atom stereocenters. The highest BCUT2D eigenvalue weighted by atomic mass is 15.1. The zero-order valence-electron chi connectivity index (χ0n) is 8.79. The summed E-state index contributed by atoms with van der Waals surface area (Å²) in [6.45, 7) is 4.51. The summed E-state index contributed by atoms with van der Waals surface area (Å²) < 4.78 is 0. The average molecular weight is 190 g/mol. The van der Waals surface area contributed by atoms with Gasteiger partial charge in [0.15, 0.2) is 0 Å². The first-order valence-electron chi connectivity index (χ1n) is 5.44. The van der Waals surface area contributed by atoms with Crippen LogP contribution in [0.2, 0.25) is 0 Å². The van der Waals surface area contributed by atoms with Gasteiger partial charge in [0.05, 0.1) is 0 Å². The molecule has 76 valence electrons. The van der Waals surface area contributed by atoms with Crippen LogP contribution >= 0.6 is 0 Å². The summed E-state index contributed by atoms with van der Waals surface area (Å²) >= 11 is 0. The number of benzene rings is 1. The van der Waals surface area contributed by atoms with Crippen LogP contribution in [-0.2, 0) is 6.42 Å². The first kappa shape index (κ1) is 9.38. The van der Waals surface area contributed by atoms with E-state index in [1.165, 1.54) is 37.2 Å². The molecule has 2 nitrogen and oxygen atoms in total. The first-order chi connectivity index (χ1) is 6.81. The van der Waals surface area contributed by atoms with E-state index < -0.39 is 0 Å². The third kappa shape index (κ3) is 1.69. The molecule has 0 saturated carbocycles. The van der Waals surface area contributed by atoms with Crippen molar-refractivity contribution in [2.24, 2.45) is 0 Å². The number of rotatable bonds is 2. The van der Waals surface area contributed by atoms with Crippen molar-refractivity contribution in [2.75, 3.05) is 23.7 Å². The smallest absolute Gasteiger partial charge is 0.0387 e. The van der Waals surface area contributed by atoms with Crippen LogP contribution in [-0.4, -0.2) is 13.1 Å². The van der Waals surface area contributed by atoms with Crippen molar-refractivity contribution in [1.82, 2.24) is 0 Å². The molecule has 0 bridgehead atoms. The normalized spacial score (nSPS) is 16.2. The monoisotopic (exact) mass is 190 g/mol. The van der Waals surface area contributed by atoms with Crippen molar-refractivity contribution in [2.45, 2.75) is 26.2 Å². The van der Waals surface area contributed by atoms with Crippen LogP contribution in [0.3, 0.4) is 0 Å². The van der Waals surface area contributed by atoms with Crippen LogP contribution in [0.1, 0.15) is 25.3 Å². The van der Waals surface area contributed by atoms with Gasteiger partial charge in [-0.05, 0) is 37.0 Å². The molecule has 1 fully saturated rings. The summed E-state index contributed by atoms with van der Waals surface area (Å²) in [5.41, 5.74) is 9.46. The summed E-state index contributed by atoms with van der Waals surface area (Å²) in [6.07, 6.45) is 3.65. The Morgan fingerprint density at radius 1 is 1.29 bits per heavy atom. The van der Waals surface area contributed by atoms with Gasteiger partial charge in [-0.3, -0.25) is 0 Å². The second kappa shape index (κ2) is 3.91. The Kier molecular flexibility index (Phi) is 2.62. The van der Waals surface area contributed by atoms with Gasteiger partial charge in [0, 0.05) is 24.5 Å². The number of hydrogen-bond donors (Lipinski definition) is 1. The maximum Gasteiger partial charge on any atom is 0.0387 e. The first-order valence-corrected chi connectivity index (χ1v) is 5.44. The predicted molar refractivity (Wildman–Crippen MR) is 61.7 cm³/mol. The van der Waals surface area contributed by atoms with E-state index in [9.17, 15) is 0 Å². The van der Waals surface area contributed by atoms with Crippen molar-refractivity contribution in [1.29, 1.82) is 0 Å². The number of nitrogens with zero attached hydrogens (tertiary/aromatic N) is 1. The fourth-order valence-corrected chi connectivity index (χ4v) is 2.08. The van der Waals surface area contributed by atoms with E-state index in [1.54, 1.807) is 0 Å². The van der Waals surface area contributed by atoms with E-state index in [1.807, 2.05) is 0 Å². The topological polar surface area (TPSA) is 29.3 Å². The van der Waals surface area contributed by atoms with E-state index in [-0.39, 0.29) is 0 Å². The van der Waals surface area contributed by atoms with Crippen LogP contribution in [0.15, 0.2) is 18.2 Å². The Morgan fingerprint density at radius 2 is 2.00 bits per heavy atom. The Hall–Kier alpha value is -1.18. The van der Waals surface area contributed by atoms with Gasteiger partial charge in [-0.1, -0.05) is 13.0 Å². The molecule has 0 amide bonds. The lowest BCUT2D eigenvalue weighted by Gasteiger charge is -2.18. The molecule has 1 heterocycles. The lowest BCUT2D eigenvalue weighted by molar-refractivity contribution is 0.949. The third-order valence-electron chi connectivity index (χ3n) is 2.98. The number of hydrogen-bond acceptors (Lipinski definition) is 2. The van der Waals surface area contributed by atoms with E-state index in [2.05, 4.69) is 30.0 Å². The Morgan fingerprint density at radius 3 is 2.57 bits per heavy atom. The highest BCUT2D eigenvalue weighted by molar-refractivity contribution is 5.60. The van der Waals surface area contributed by atoms with Crippen molar-refractivity contribution in [3.05, 3.63) is 23.8 Å². The molecule has 1 aromatic carbocycles. The third-order valence-corrected chi connectivity index (χ3v) is 2.98. The summed E-state index contributed by atoms with van der Waals surface area (Å²) in [5.74, 6) is 0. The Labute approximate surface area is 85.7 Å². The Bertz CT molecular complexity index is 314. The fourth-order valence-electron chi connectivity index (χ4n) is 2.08. The fraction of sp³-hybridized carbons (Fsp3) is 0.500. The standard InChI is InChI=1S/C12H18N2/c1-2-10-5-6-11(9-12(10)13)14-7-3-4-8-14/h5-6,9H,2-4,7-8,13H2,1H3. The molecule has 14 heavy (non-hydrogen) atoms. The van der Waals surface area contributed by atoms with Gasteiger partial charge < -0.3 is 10.6 Å². The van der Waals surface area contributed by atoms with Crippen LogP contribution < -0.4 is 10.6 Å². The maximum absolute atomic E-state index is 5.97. The second-order valence-corrected chi connectivity index (χ2v) is 3.93. The minimum atomic E-state index is 0.942. The summed E-state index contributed by atoms with van der Waals surface area (Å²) in [7, 11) is 0. The number of nitrogen functional groups attached to an aromatic ring is 1. The van der Waals surface area contributed by atoms with Crippen LogP contribution in [0, 0.1) is 0 Å². The molecule has 0 aromatic heterocycles. The second-order valence-electron chi connectivity index (χ2n) is 3.93. The van der Waals surface area contributed by atoms with Crippen LogP contribution in [0.25, 0.3) is 0 Å². The summed E-state index contributed by atoms with van der Waals surface area (Å²) in [6, 6.07) is 6.47. The van der Waals surface area contributed by atoms with Gasteiger partial charge in [-0.15, -0.1) is 0 Å². The molecule has 0 spiro atoms. The van der Waals surface area contributed by atoms with E-state index in [0.717, 1.165) is 12.1 Å². The summed E-state index contributed by atoms with van der Waals surface area (Å²) in [4.78, 5) is 2.41. The van der Waals surface area contributed by atoms with E-state index >= 15 is 0 Å². The lowest BCUT2D eigenvalue weighted by Crippen LogP contribution is -2.17. The van der Waals surface area contributed by atoms with Crippen molar-refractivity contribution in [3.8, 4) is 0 Å². The zero-order chi connectivity index (χ0) is 9.97. The SMILES string of the molecule is CCc1ccc(N2CCCC2)cc1N. The van der Waals surface area contributed by atoms with Gasteiger partial charge in [0.1, 0.15) is 0 Å². The van der Waals surface area contributed by atoms with Gasteiger partial charge in [-0.2, -0.15) is 0 Å². The van der Waals surface area contributed by atoms with Gasteiger partial charge >= 0.3 is 0 Å². The number of aryl methyl sites for hydroxylation is 1. The van der Waals surface area contributed by atoms with Gasteiger partial charge in [0.2, 0.25) is 0 Å². The summed E-state index contributed by atoms with van der Waals surface area (Å²) in [5, 5.41) is 0. The maximum atomic E-state index is 5.97. The molecule has 1 aliphatic heterocycles. The highest BCUT2D eigenvalue weighted by Crippen LogP contribution is 2.24. The van der Waals surface area contributed by atoms with E-state index in [0.29, 0.717) is 0 Å². The van der Waals surface area contributed by atoms with E-state index in [4.69, 9.17) is 5.73 Å². The molecule has 2 rings (SSSR count). The molecule has 0 atom stereocenters. The molecule has 2 heteroatoms. The minimum Gasteiger partial charge on any atom is -0.398 e. The van der Waals surface area contributed by atoms with Crippen molar-refractivity contribution < 1.29 is 0 Å². The van der Waals surface area contributed by atoms with Crippen LogP contribution in [0.4, 0.5) is 11.4 Å². The Balaban J connectivity index is 2.23. The molecular formula is C12H18N2. The molecule has 0 aliphatic carbocycles. The predicted octanol–water partition coefficient (Wildman–Crippen LogP) is 2.43. The van der Waals surface area contributed by atoms with Crippen molar-refractivity contribution in [3.63, 3.8) is 0 Å². The molecule has 0 radical (unpaired) electrons. The highest BCUT2D eigenvalue weighted by Gasteiger charge is 2.12. The molecular weight excluding hydrogens is 172 g/mol. The minimum absolute atomic E-state index is 0.942. The largest absolute Gasteiger partial charge is 0.398 e. The number of anilines is 2. The van der Waals surface area contributed by atoms with Crippen LogP contribution in [0.5, 0.6) is 0 Å². The quantitative estimate of drug-likeness (QED) is 0.726. The average Bonchev–Trinajstić information content (AvgIpc) is 2.70.